The van der Waals surface area contributed by atoms with Gasteiger partial charge in [0, 0.05) is 6.42 Å². The number of aliphatic hydroxyl groups is 1. The van der Waals surface area contributed by atoms with Crippen LogP contribution in [0.3, 0.4) is 0 Å². The van der Waals surface area contributed by atoms with Crippen LogP contribution in [-0.2, 0) is 25.6 Å². The van der Waals surface area contributed by atoms with Crippen molar-refractivity contribution < 1.29 is 24.1 Å². The Hall–Kier alpha value is -1.14. The van der Waals surface area contributed by atoms with E-state index in [1.54, 1.807) is 6.92 Å². The molecule has 0 spiro atoms. The highest BCUT2D eigenvalue weighted by Crippen LogP contribution is 2.25. The zero-order valence-electron chi connectivity index (χ0n) is 11.8. The van der Waals surface area contributed by atoms with E-state index in [9.17, 15) is 9.90 Å². The fourth-order valence-electron chi connectivity index (χ4n) is 2.34. The molecule has 4 unspecified atom stereocenters. The molecule has 6 heteroatoms. The van der Waals surface area contributed by atoms with Gasteiger partial charge in [0.2, 0.25) is 0 Å². The summed E-state index contributed by atoms with van der Waals surface area (Å²) in [5, 5.41) is 9.64. The number of carbonyl (C=O) groups is 1. The van der Waals surface area contributed by atoms with Gasteiger partial charge < -0.3 is 19.3 Å². The van der Waals surface area contributed by atoms with Gasteiger partial charge in [0.1, 0.15) is 18.1 Å². The van der Waals surface area contributed by atoms with Crippen molar-refractivity contribution in [2.45, 2.75) is 44.6 Å². The van der Waals surface area contributed by atoms with E-state index in [-0.39, 0.29) is 18.4 Å². The van der Waals surface area contributed by atoms with Gasteiger partial charge in [0.05, 0.1) is 12.7 Å². The summed E-state index contributed by atoms with van der Waals surface area (Å²) >= 11 is 5.46. The highest BCUT2D eigenvalue weighted by molar-refractivity contribution is 6.26. The summed E-state index contributed by atoms with van der Waals surface area (Å²) in [6.07, 6.45) is -2.19. The first-order chi connectivity index (χ1) is 10.1. The van der Waals surface area contributed by atoms with Crippen molar-refractivity contribution in [1.82, 2.24) is 0 Å². The summed E-state index contributed by atoms with van der Waals surface area (Å²) in [6.45, 7) is 2.16. The summed E-state index contributed by atoms with van der Waals surface area (Å²) in [5.41, 5.74) is 1.01. The van der Waals surface area contributed by atoms with E-state index >= 15 is 0 Å². The largest absolute Gasteiger partial charge is 0.458 e. The van der Waals surface area contributed by atoms with Crippen molar-refractivity contribution in [3.05, 3.63) is 35.9 Å². The Morgan fingerprint density at radius 3 is 2.81 bits per heavy atom. The number of benzene rings is 1. The van der Waals surface area contributed by atoms with Gasteiger partial charge in [-0.3, -0.25) is 4.79 Å². The molecule has 0 bridgehead atoms. The Balaban J connectivity index is 1.99. The maximum Gasteiger partial charge on any atom is 0.321 e. The third-order valence-corrected chi connectivity index (χ3v) is 3.53. The van der Waals surface area contributed by atoms with E-state index in [2.05, 4.69) is 0 Å². The second-order valence-electron chi connectivity index (χ2n) is 4.95. The molecule has 1 heterocycles. The minimum absolute atomic E-state index is 0.173. The van der Waals surface area contributed by atoms with Crippen LogP contribution in [0.4, 0.5) is 0 Å². The van der Waals surface area contributed by atoms with Crippen LogP contribution < -0.4 is 0 Å². The average Bonchev–Trinajstić information content (AvgIpc) is 2.47. The number of hydrogen-bond donors (Lipinski definition) is 1. The normalized spacial score (nSPS) is 29.1. The van der Waals surface area contributed by atoms with Gasteiger partial charge in [-0.1, -0.05) is 30.3 Å². The quantitative estimate of drug-likeness (QED) is 0.664. The predicted octanol–water partition coefficient (Wildman–Crippen LogP) is 1.85. The Morgan fingerprint density at radius 1 is 1.43 bits per heavy atom. The minimum atomic E-state index is -0.968. The molecule has 21 heavy (non-hydrogen) atoms. The lowest BCUT2D eigenvalue weighted by atomic mass is 10.0. The molecule has 0 aliphatic carbocycles. The number of halogens is 1. The van der Waals surface area contributed by atoms with E-state index in [4.69, 9.17) is 25.8 Å². The van der Waals surface area contributed by atoms with Gasteiger partial charge in [0.25, 0.3) is 0 Å². The van der Waals surface area contributed by atoms with Crippen LogP contribution in [0, 0.1) is 0 Å². The van der Waals surface area contributed by atoms with Gasteiger partial charge >= 0.3 is 5.97 Å². The molecule has 1 N–H and O–H groups in total. The van der Waals surface area contributed by atoms with Gasteiger partial charge in [-0.25, -0.2) is 0 Å². The molecule has 0 radical (unpaired) electrons. The van der Waals surface area contributed by atoms with Crippen molar-refractivity contribution in [3.63, 3.8) is 0 Å². The molecule has 5 nitrogen and oxygen atoms in total. The molecule has 116 valence electrons. The number of esters is 1. The molecule has 1 aliphatic heterocycles. The monoisotopic (exact) mass is 314 g/mol. The maximum atomic E-state index is 11.4. The second-order valence-corrected chi connectivity index (χ2v) is 5.22. The van der Waals surface area contributed by atoms with Crippen LogP contribution in [0.1, 0.15) is 18.9 Å². The van der Waals surface area contributed by atoms with Gasteiger partial charge in [-0.15, -0.1) is 11.6 Å². The number of rotatable bonds is 5. The Kier molecular flexibility index (Phi) is 5.99. The molecule has 1 fully saturated rings. The molecule has 1 aliphatic rings. The maximum absolute atomic E-state index is 11.4. The molecule has 1 aromatic rings. The highest BCUT2D eigenvalue weighted by Gasteiger charge is 2.39. The molecule has 2 rings (SSSR count). The summed E-state index contributed by atoms with van der Waals surface area (Å²) in [4.78, 5) is 11.4. The second kappa shape index (κ2) is 7.75. The first-order valence-corrected chi connectivity index (χ1v) is 7.38. The van der Waals surface area contributed by atoms with Crippen LogP contribution in [0.15, 0.2) is 30.3 Å². The van der Waals surface area contributed by atoms with E-state index < -0.39 is 24.5 Å². The van der Waals surface area contributed by atoms with Crippen molar-refractivity contribution in [2.75, 3.05) is 5.88 Å². The van der Waals surface area contributed by atoms with Gasteiger partial charge in [-0.05, 0) is 12.5 Å². The molecular weight excluding hydrogens is 296 g/mol. The number of ether oxygens (including phenoxy) is 3. The summed E-state index contributed by atoms with van der Waals surface area (Å²) in [7, 11) is 0. The average molecular weight is 315 g/mol. The molecule has 1 saturated heterocycles. The van der Waals surface area contributed by atoms with E-state index in [1.165, 1.54) is 0 Å². The standard InChI is InChI=1S/C15H19ClO5/c1-10-15(19-9-11-5-3-2-4-6-11)12(7-13(17)20-10)21-14(18)8-16/h2-6,10,12-13,15,17H,7-9H2,1H3. The fourth-order valence-corrected chi connectivity index (χ4v) is 2.40. The van der Waals surface area contributed by atoms with Crippen LogP contribution in [0.5, 0.6) is 0 Å². The van der Waals surface area contributed by atoms with Gasteiger partial charge in [0.15, 0.2) is 6.29 Å². The third-order valence-electron chi connectivity index (χ3n) is 3.31. The van der Waals surface area contributed by atoms with E-state index in [0.717, 1.165) is 5.56 Å². The Morgan fingerprint density at radius 2 is 2.14 bits per heavy atom. The van der Waals surface area contributed by atoms with E-state index in [1.807, 2.05) is 30.3 Å². The number of aliphatic hydroxyl groups excluding tert-OH is 1. The topological polar surface area (TPSA) is 65.0 Å². The van der Waals surface area contributed by atoms with Crippen molar-refractivity contribution >= 4 is 17.6 Å². The minimum Gasteiger partial charge on any atom is -0.458 e. The molecule has 4 atom stereocenters. The summed E-state index contributed by atoms with van der Waals surface area (Å²) < 4.78 is 16.4. The number of alkyl halides is 1. The summed E-state index contributed by atoms with van der Waals surface area (Å²) in [6, 6.07) is 9.67. The lowest BCUT2D eigenvalue weighted by Crippen LogP contribution is -2.50. The lowest BCUT2D eigenvalue weighted by Gasteiger charge is -2.37. The molecule has 0 saturated carbocycles. The zero-order valence-corrected chi connectivity index (χ0v) is 12.5. The SMILES string of the molecule is CC1OC(O)CC(OC(=O)CCl)C1OCc1ccccc1. The van der Waals surface area contributed by atoms with Gasteiger partial charge in [-0.2, -0.15) is 0 Å². The Bertz CT molecular complexity index is 453. The number of hydrogen-bond acceptors (Lipinski definition) is 5. The lowest BCUT2D eigenvalue weighted by molar-refractivity contribution is -0.245. The van der Waals surface area contributed by atoms with Crippen molar-refractivity contribution in [2.24, 2.45) is 0 Å². The molecule has 1 aromatic carbocycles. The van der Waals surface area contributed by atoms with Crippen LogP contribution in [0.25, 0.3) is 0 Å². The van der Waals surface area contributed by atoms with Crippen LogP contribution in [0.2, 0.25) is 0 Å². The number of carbonyl (C=O) groups excluding carboxylic acids is 1. The fraction of sp³-hybridized carbons (Fsp3) is 0.533. The first-order valence-electron chi connectivity index (χ1n) is 6.84. The van der Waals surface area contributed by atoms with Crippen LogP contribution in [-0.4, -0.2) is 41.6 Å². The predicted molar refractivity (Wildman–Crippen MR) is 76.8 cm³/mol. The van der Waals surface area contributed by atoms with Crippen molar-refractivity contribution in [3.8, 4) is 0 Å². The first kappa shape index (κ1) is 16.2. The summed E-state index contributed by atoms with van der Waals surface area (Å²) in [5.74, 6) is -0.760. The smallest absolute Gasteiger partial charge is 0.321 e. The molecular formula is C15H19ClO5. The highest BCUT2D eigenvalue weighted by atomic mass is 35.5. The Labute approximate surface area is 128 Å². The zero-order chi connectivity index (χ0) is 15.2. The third kappa shape index (κ3) is 4.68. The molecule has 0 aromatic heterocycles. The molecule has 0 amide bonds. The van der Waals surface area contributed by atoms with Crippen LogP contribution >= 0.6 is 11.6 Å². The van der Waals surface area contributed by atoms with Crippen molar-refractivity contribution in [1.29, 1.82) is 0 Å². The van der Waals surface area contributed by atoms with E-state index in [0.29, 0.717) is 6.61 Å².